The first kappa shape index (κ1) is 24.9. The van der Waals surface area contributed by atoms with Crippen LogP contribution in [-0.4, -0.2) is 63.2 Å². The number of piperazine rings is 1. The molecule has 13 heteroatoms. The Morgan fingerprint density at radius 1 is 1.26 bits per heavy atom. The highest BCUT2D eigenvalue weighted by Crippen LogP contribution is 2.18. The lowest BCUT2D eigenvalue weighted by Gasteiger charge is -2.33. The number of pyridine rings is 2. The second-order valence-electron chi connectivity index (χ2n) is 7.65. The van der Waals surface area contributed by atoms with E-state index in [-0.39, 0.29) is 11.2 Å². The molecule has 3 N–H and O–H groups in total. The van der Waals surface area contributed by atoms with E-state index in [0.717, 1.165) is 25.3 Å². The van der Waals surface area contributed by atoms with E-state index in [9.17, 15) is 22.4 Å². The van der Waals surface area contributed by atoms with Crippen molar-refractivity contribution in [3.63, 3.8) is 0 Å². The minimum atomic E-state index is -5.08. The van der Waals surface area contributed by atoms with Crippen molar-refractivity contribution < 1.29 is 32.3 Å². The second-order valence-corrected chi connectivity index (χ2v) is 7.65. The highest BCUT2D eigenvalue weighted by molar-refractivity contribution is 6.03. The van der Waals surface area contributed by atoms with Crippen LogP contribution in [0.1, 0.15) is 23.0 Å². The van der Waals surface area contributed by atoms with E-state index >= 15 is 0 Å². The number of carbonyl (C=O) groups excluding carboxylic acids is 1. The monoisotopic (exact) mass is 482 g/mol. The molecule has 1 atom stereocenters. The maximum atomic E-state index is 14.2. The van der Waals surface area contributed by atoms with Gasteiger partial charge in [0.2, 0.25) is 0 Å². The minimum Gasteiger partial charge on any atom is -0.475 e. The predicted molar refractivity (Wildman–Crippen MR) is 115 cm³/mol. The van der Waals surface area contributed by atoms with Gasteiger partial charge in [0.1, 0.15) is 5.82 Å². The number of carboxylic acid groups (broad SMARTS) is 1. The summed E-state index contributed by atoms with van der Waals surface area (Å²) in [6.45, 7) is 6.68. The molecule has 1 saturated heterocycles. The first-order chi connectivity index (χ1) is 15.9. The van der Waals surface area contributed by atoms with E-state index in [0.29, 0.717) is 17.6 Å². The fraction of sp³-hybridized carbons (Fsp3) is 0.333. The maximum Gasteiger partial charge on any atom is 0.490 e. The lowest BCUT2D eigenvalue weighted by molar-refractivity contribution is -0.192. The third-order valence-corrected chi connectivity index (χ3v) is 4.85. The molecule has 0 aromatic carbocycles. The number of rotatable bonds is 3. The Hall–Kier alpha value is -3.74. The van der Waals surface area contributed by atoms with E-state index in [2.05, 4.69) is 32.4 Å². The Labute approximate surface area is 191 Å². The predicted octanol–water partition coefficient (Wildman–Crippen LogP) is 2.86. The van der Waals surface area contributed by atoms with Crippen LogP contribution >= 0.6 is 0 Å². The molecule has 4 heterocycles. The van der Waals surface area contributed by atoms with E-state index in [4.69, 9.17) is 9.90 Å². The Kier molecular flexibility index (Phi) is 7.35. The molecule has 1 aliphatic heterocycles. The molecule has 0 unspecified atom stereocenters. The van der Waals surface area contributed by atoms with E-state index in [1.165, 1.54) is 10.5 Å². The van der Waals surface area contributed by atoms with Crippen LogP contribution in [0.25, 0.3) is 5.65 Å². The van der Waals surface area contributed by atoms with Gasteiger partial charge in [-0.25, -0.2) is 19.2 Å². The zero-order valence-corrected chi connectivity index (χ0v) is 18.2. The molecule has 1 aliphatic rings. The van der Waals surface area contributed by atoms with Gasteiger partial charge in [0.05, 0.1) is 23.1 Å². The van der Waals surface area contributed by atoms with Gasteiger partial charge in [-0.05, 0) is 32.0 Å². The lowest BCUT2D eigenvalue weighted by Crippen LogP contribution is -2.49. The van der Waals surface area contributed by atoms with Crippen LogP contribution in [0.2, 0.25) is 0 Å². The van der Waals surface area contributed by atoms with Crippen molar-refractivity contribution in [1.82, 2.24) is 19.7 Å². The number of imidazole rings is 1. The molecular formula is C21H22F4N6O3. The fourth-order valence-electron chi connectivity index (χ4n) is 3.31. The molecule has 0 radical (unpaired) electrons. The normalized spacial score (nSPS) is 16.1. The number of amides is 1. The number of carbonyl (C=O) groups is 2. The summed E-state index contributed by atoms with van der Waals surface area (Å²) in [7, 11) is 0. The minimum absolute atomic E-state index is 0.205. The number of carboxylic acids is 1. The maximum absolute atomic E-state index is 14.2. The topological polar surface area (TPSA) is 112 Å². The summed E-state index contributed by atoms with van der Waals surface area (Å²) >= 11 is 0. The summed E-state index contributed by atoms with van der Waals surface area (Å²) in [5, 5.41) is 13.2. The Balaban J connectivity index is 0.000000406. The van der Waals surface area contributed by atoms with Gasteiger partial charge in [0, 0.05) is 38.1 Å². The van der Waals surface area contributed by atoms with Gasteiger partial charge in [-0.3, -0.25) is 4.79 Å². The summed E-state index contributed by atoms with van der Waals surface area (Å²) in [6.07, 6.45) is -0.0996. The summed E-state index contributed by atoms with van der Waals surface area (Å²) in [6, 6.07) is 5.31. The number of hydrogen-bond acceptors (Lipinski definition) is 6. The van der Waals surface area contributed by atoms with Crippen molar-refractivity contribution in [2.75, 3.05) is 29.9 Å². The average molecular weight is 482 g/mol. The van der Waals surface area contributed by atoms with Crippen LogP contribution in [0, 0.1) is 12.7 Å². The smallest absolute Gasteiger partial charge is 0.475 e. The third kappa shape index (κ3) is 6.19. The molecule has 4 rings (SSSR count). The number of aromatic nitrogens is 3. The number of nitrogens with zero attached hydrogens (tertiary/aromatic N) is 4. The lowest BCUT2D eigenvalue weighted by atomic mass is 10.2. The number of anilines is 2. The Morgan fingerprint density at radius 2 is 1.97 bits per heavy atom. The molecule has 34 heavy (non-hydrogen) atoms. The van der Waals surface area contributed by atoms with Gasteiger partial charge in [0.25, 0.3) is 5.91 Å². The Morgan fingerprint density at radius 3 is 2.56 bits per heavy atom. The van der Waals surface area contributed by atoms with Gasteiger partial charge in [-0.2, -0.15) is 13.2 Å². The summed E-state index contributed by atoms with van der Waals surface area (Å²) in [4.78, 5) is 32.0. The number of alkyl halides is 3. The highest BCUT2D eigenvalue weighted by atomic mass is 19.4. The number of fused-ring (bicyclic) bond motifs is 1. The van der Waals surface area contributed by atoms with Crippen LogP contribution in [0.5, 0.6) is 0 Å². The van der Waals surface area contributed by atoms with Gasteiger partial charge in [-0.15, -0.1) is 0 Å². The van der Waals surface area contributed by atoms with E-state index in [1.807, 2.05) is 6.07 Å². The standard InChI is InChI=1S/C19H21FN6O.C2HF3O2/c1-12-9-25(6-5-21-12)15-3-4-17(22-8-15)24-19(27)14-7-16(20)18-23-13(2)10-26(18)11-14;3-2(4,5)1(6)7/h3-4,7-8,10-12,21H,5-6,9H2,1-2H3,(H,22,24,27);(H,6,7)/t12-;/m0./s1. The SMILES string of the molecule is Cc1cn2cc(C(=O)Nc3ccc(N4CCN[C@@H](C)C4)cn3)cc(F)c2n1.O=C(O)C(F)(F)F. The van der Waals surface area contributed by atoms with Crippen LogP contribution in [0.15, 0.2) is 36.8 Å². The number of aryl methyl sites for hydroxylation is 1. The second kappa shape index (κ2) is 10.0. The summed E-state index contributed by atoms with van der Waals surface area (Å²) in [5.41, 5.74) is 2.12. The van der Waals surface area contributed by atoms with Crippen molar-refractivity contribution in [3.05, 3.63) is 53.9 Å². The van der Waals surface area contributed by atoms with Crippen molar-refractivity contribution in [3.8, 4) is 0 Å². The molecule has 0 bridgehead atoms. The third-order valence-electron chi connectivity index (χ3n) is 4.85. The zero-order valence-electron chi connectivity index (χ0n) is 18.2. The molecule has 3 aromatic rings. The number of aliphatic carboxylic acids is 1. The molecule has 9 nitrogen and oxygen atoms in total. The summed E-state index contributed by atoms with van der Waals surface area (Å²) in [5.74, 6) is -3.29. The molecule has 3 aromatic heterocycles. The Bertz CT molecular complexity index is 1180. The molecule has 182 valence electrons. The number of nitrogens with one attached hydrogen (secondary N) is 2. The zero-order chi connectivity index (χ0) is 25.0. The molecule has 0 saturated carbocycles. The molecule has 0 spiro atoms. The van der Waals surface area contributed by atoms with Gasteiger partial charge in [-0.1, -0.05) is 0 Å². The largest absolute Gasteiger partial charge is 0.490 e. The summed E-state index contributed by atoms with van der Waals surface area (Å²) < 4.78 is 47.4. The first-order valence-electron chi connectivity index (χ1n) is 10.1. The van der Waals surface area contributed by atoms with E-state index < -0.39 is 23.9 Å². The number of hydrogen-bond donors (Lipinski definition) is 3. The van der Waals surface area contributed by atoms with E-state index in [1.54, 1.807) is 31.6 Å². The van der Waals surface area contributed by atoms with Crippen molar-refractivity contribution in [2.45, 2.75) is 26.1 Å². The molecular weight excluding hydrogens is 460 g/mol. The van der Waals surface area contributed by atoms with Crippen LogP contribution in [0.3, 0.4) is 0 Å². The van der Waals surface area contributed by atoms with Crippen molar-refractivity contribution >= 4 is 29.0 Å². The fourth-order valence-corrected chi connectivity index (χ4v) is 3.31. The van der Waals surface area contributed by atoms with Crippen LogP contribution in [-0.2, 0) is 4.79 Å². The van der Waals surface area contributed by atoms with Gasteiger partial charge >= 0.3 is 12.1 Å². The molecule has 1 amide bonds. The van der Waals surface area contributed by atoms with Gasteiger partial charge < -0.3 is 25.0 Å². The van der Waals surface area contributed by atoms with Crippen LogP contribution < -0.4 is 15.5 Å². The first-order valence-corrected chi connectivity index (χ1v) is 10.1. The van der Waals surface area contributed by atoms with Gasteiger partial charge in [0.15, 0.2) is 11.5 Å². The highest BCUT2D eigenvalue weighted by Gasteiger charge is 2.38. The van der Waals surface area contributed by atoms with Crippen molar-refractivity contribution in [1.29, 1.82) is 0 Å². The molecule has 1 fully saturated rings. The molecule has 0 aliphatic carbocycles. The van der Waals surface area contributed by atoms with Crippen molar-refractivity contribution in [2.24, 2.45) is 0 Å². The quantitative estimate of drug-likeness (QED) is 0.492. The average Bonchev–Trinajstić information content (AvgIpc) is 3.15. The van der Waals surface area contributed by atoms with Crippen LogP contribution in [0.4, 0.5) is 29.1 Å². The number of halogens is 4.